The van der Waals surface area contributed by atoms with Gasteiger partial charge in [-0.2, -0.15) is 0 Å². The number of hydrogen-bond donors (Lipinski definition) is 1. The lowest BCUT2D eigenvalue weighted by atomic mass is 9.78. The Kier molecular flexibility index (Phi) is 4.76. The summed E-state index contributed by atoms with van der Waals surface area (Å²) in [5, 5.41) is 9.51. The highest BCUT2D eigenvalue weighted by Gasteiger charge is 2.43. The van der Waals surface area contributed by atoms with Gasteiger partial charge in [-0.25, -0.2) is 4.79 Å². The maximum Gasteiger partial charge on any atom is 0.320 e. The number of carbonyl (C=O) groups excluding carboxylic acids is 1. The molecule has 2 fully saturated rings. The van der Waals surface area contributed by atoms with Gasteiger partial charge in [-0.15, -0.1) is 0 Å². The fourth-order valence-corrected chi connectivity index (χ4v) is 3.44. The van der Waals surface area contributed by atoms with E-state index in [1.165, 1.54) is 0 Å². The average molecular weight is 298 g/mol. The minimum Gasteiger partial charge on any atom is -0.481 e. The molecule has 1 N–H and O–H groups in total. The number of carbonyl (C=O) groups is 2. The van der Waals surface area contributed by atoms with Gasteiger partial charge in [0.15, 0.2) is 0 Å². The SMILES string of the molecule is CCC1(C(=O)O)CCCN(C(=O)N2CC(C)OC(C)C2)C1. The summed E-state index contributed by atoms with van der Waals surface area (Å²) < 4.78 is 5.65. The third-order valence-electron chi connectivity index (χ3n) is 4.67. The van der Waals surface area contributed by atoms with E-state index in [1.807, 2.05) is 20.8 Å². The van der Waals surface area contributed by atoms with Gasteiger partial charge in [0, 0.05) is 26.2 Å². The third kappa shape index (κ3) is 3.31. The molecular weight excluding hydrogens is 272 g/mol. The van der Waals surface area contributed by atoms with Crippen molar-refractivity contribution in [3.8, 4) is 0 Å². The number of piperidine rings is 1. The molecule has 0 aromatic carbocycles. The van der Waals surface area contributed by atoms with Crippen LogP contribution in [0.15, 0.2) is 0 Å². The molecule has 120 valence electrons. The molecule has 0 radical (unpaired) electrons. The van der Waals surface area contributed by atoms with E-state index in [2.05, 4.69) is 0 Å². The smallest absolute Gasteiger partial charge is 0.320 e. The van der Waals surface area contributed by atoms with Crippen molar-refractivity contribution in [1.82, 2.24) is 9.80 Å². The first-order valence-electron chi connectivity index (χ1n) is 7.80. The first-order chi connectivity index (χ1) is 9.88. The van der Waals surface area contributed by atoms with Gasteiger partial charge in [0.05, 0.1) is 17.6 Å². The van der Waals surface area contributed by atoms with Crippen molar-refractivity contribution in [2.24, 2.45) is 5.41 Å². The van der Waals surface area contributed by atoms with Crippen molar-refractivity contribution in [2.45, 2.75) is 52.2 Å². The maximum absolute atomic E-state index is 12.7. The van der Waals surface area contributed by atoms with Crippen molar-refractivity contribution >= 4 is 12.0 Å². The first-order valence-corrected chi connectivity index (χ1v) is 7.80. The van der Waals surface area contributed by atoms with Crippen LogP contribution >= 0.6 is 0 Å². The number of carboxylic acids is 1. The minimum absolute atomic E-state index is 0.0258. The van der Waals surface area contributed by atoms with Crippen molar-refractivity contribution in [3.63, 3.8) is 0 Å². The van der Waals surface area contributed by atoms with E-state index in [0.29, 0.717) is 39.0 Å². The summed E-state index contributed by atoms with van der Waals surface area (Å²) in [6.07, 6.45) is 2.01. The molecule has 2 rings (SSSR count). The molecule has 2 amide bonds. The van der Waals surface area contributed by atoms with Gasteiger partial charge in [-0.05, 0) is 33.1 Å². The number of likely N-dealkylation sites (tertiary alicyclic amines) is 1. The number of morpholine rings is 1. The standard InChI is InChI=1S/C15H26N2O4/c1-4-15(13(18)19)6-5-7-16(10-15)14(20)17-8-11(2)21-12(3)9-17/h11-12H,4-10H2,1-3H3,(H,18,19). The molecule has 3 unspecified atom stereocenters. The van der Waals surface area contributed by atoms with Gasteiger partial charge in [-0.3, -0.25) is 4.79 Å². The molecule has 3 atom stereocenters. The van der Waals surface area contributed by atoms with Crippen LogP contribution in [-0.4, -0.2) is 65.3 Å². The minimum atomic E-state index is -0.786. The molecule has 0 aromatic rings. The molecule has 2 saturated heterocycles. The Morgan fingerprint density at radius 1 is 1.24 bits per heavy atom. The lowest BCUT2D eigenvalue weighted by Crippen LogP contribution is -2.57. The largest absolute Gasteiger partial charge is 0.481 e. The highest BCUT2D eigenvalue weighted by atomic mass is 16.5. The van der Waals surface area contributed by atoms with Crippen LogP contribution in [-0.2, 0) is 9.53 Å². The number of urea groups is 1. The van der Waals surface area contributed by atoms with Crippen molar-refractivity contribution < 1.29 is 19.4 Å². The van der Waals surface area contributed by atoms with Gasteiger partial charge in [0.1, 0.15) is 0 Å². The van der Waals surface area contributed by atoms with Gasteiger partial charge in [0.2, 0.25) is 0 Å². The number of nitrogens with zero attached hydrogens (tertiary/aromatic N) is 2. The summed E-state index contributed by atoms with van der Waals surface area (Å²) in [5.74, 6) is -0.786. The highest BCUT2D eigenvalue weighted by molar-refractivity contribution is 5.79. The molecule has 6 heteroatoms. The summed E-state index contributed by atoms with van der Waals surface area (Å²) in [4.78, 5) is 27.8. The quantitative estimate of drug-likeness (QED) is 0.844. The number of hydrogen-bond acceptors (Lipinski definition) is 3. The number of carboxylic acid groups (broad SMARTS) is 1. The van der Waals surface area contributed by atoms with Crippen LogP contribution in [0.1, 0.15) is 40.0 Å². The van der Waals surface area contributed by atoms with Crippen LogP contribution < -0.4 is 0 Å². The molecule has 6 nitrogen and oxygen atoms in total. The average Bonchev–Trinajstić information content (AvgIpc) is 2.45. The van der Waals surface area contributed by atoms with Gasteiger partial charge >= 0.3 is 12.0 Å². The first kappa shape index (κ1) is 16.1. The molecule has 0 aliphatic carbocycles. The van der Waals surface area contributed by atoms with Crippen LogP contribution in [0.5, 0.6) is 0 Å². The van der Waals surface area contributed by atoms with Crippen LogP contribution in [0.25, 0.3) is 0 Å². The lowest BCUT2D eigenvalue weighted by Gasteiger charge is -2.43. The Balaban J connectivity index is 2.07. The molecule has 0 spiro atoms. The summed E-state index contributed by atoms with van der Waals surface area (Å²) >= 11 is 0. The zero-order chi connectivity index (χ0) is 15.6. The Labute approximate surface area is 126 Å². The van der Waals surface area contributed by atoms with E-state index in [1.54, 1.807) is 9.80 Å². The number of amides is 2. The van der Waals surface area contributed by atoms with Crippen LogP contribution in [0.4, 0.5) is 4.79 Å². The second-order valence-electron chi connectivity index (χ2n) is 6.41. The van der Waals surface area contributed by atoms with Crippen LogP contribution in [0.3, 0.4) is 0 Å². The Morgan fingerprint density at radius 2 is 1.86 bits per heavy atom. The molecule has 0 aromatic heterocycles. The van der Waals surface area contributed by atoms with E-state index in [0.717, 1.165) is 6.42 Å². The molecule has 2 aliphatic heterocycles. The second-order valence-corrected chi connectivity index (χ2v) is 6.41. The predicted octanol–water partition coefficient (Wildman–Crippen LogP) is 1.79. The normalized spacial score (nSPS) is 33.9. The number of aliphatic carboxylic acids is 1. The summed E-state index contributed by atoms with van der Waals surface area (Å²) in [7, 11) is 0. The maximum atomic E-state index is 12.7. The number of rotatable bonds is 2. The topological polar surface area (TPSA) is 70.1 Å². The van der Waals surface area contributed by atoms with E-state index in [4.69, 9.17) is 4.74 Å². The summed E-state index contributed by atoms with van der Waals surface area (Å²) in [6, 6.07) is -0.0456. The third-order valence-corrected chi connectivity index (χ3v) is 4.67. The fourth-order valence-electron chi connectivity index (χ4n) is 3.44. The van der Waals surface area contributed by atoms with Gasteiger partial charge in [-0.1, -0.05) is 6.92 Å². The van der Waals surface area contributed by atoms with Crippen molar-refractivity contribution in [3.05, 3.63) is 0 Å². The molecular formula is C15H26N2O4. The van der Waals surface area contributed by atoms with Crippen molar-refractivity contribution in [2.75, 3.05) is 26.2 Å². The molecule has 0 saturated carbocycles. The fraction of sp³-hybridized carbons (Fsp3) is 0.867. The van der Waals surface area contributed by atoms with Crippen LogP contribution in [0, 0.1) is 5.41 Å². The van der Waals surface area contributed by atoms with E-state index < -0.39 is 11.4 Å². The Bertz CT molecular complexity index is 404. The van der Waals surface area contributed by atoms with E-state index >= 15 is 0 Å². The van der Waals surface area contributed by atoms with E-state index in [-0.39, 0.29) is 18.2 Å². The lowest BCUT2D eigenvalue weighted by molar-refractivity contribution is -0.152. The molecule has 2 heterocycles. The van der Waals surface area contributed by atoms with Gasteiger partial charge in [0.25, 0.3) is 0 Å². The van der Waals surface area contributed by atoms with E-state index in [9.17, 15) is 14.7 Å². The molecule has 2 aliphatic rings. The number of ether oxygens (including phenoxy) is 1. The van der Waals surface area contributed by atoms with Crippen molar-refractivity contribution in [1.29, 1.82) is 0 Å². The zero-order valence-corrected chi connectivity index (χ0v) is 13.2. The van der Waals surface area contributed by atoms with Crippen LogP contribution in [0.2, 0.25) is 0 Å². The monoisotopic (exact) mass is 298 g/mol. The molecule has 0 bridgehead atoms. The van der Waals surface area contributed by atoms with Gasteiger partial charge < -0.3 is 19.6 Å². The molecule has 21 heavy (non-hydrogen) atoms. The zero-order valence-electron chi connectivity index (χ0n) is 13.2. The summed E-state index contributed by atoms with van der Waals surface area (Å²) in [5.41, 5.74) is -0.780. The Hall–Kier alpha value is -1.30. The Morgan fingerprint density at radius 3 is 2.38 bits per heavy atom. The second kappa shape index (κ2) is 6.22. The highest BCUT2D eigenvalue weighted by Crippen LogP contribution is 2.34. The predicted molar refractivity (Wildman–Crippen MR) is 78.1 cm³/mol. The summed E-state index contributed by atoms with van der Waals surface area (Å²) in [6.45, 7) is 7.92.